The lowest BCUT2D eigenvalue weighted by molar-refractivity contribution is -0.127. The maximum atomic E-state index is 11.8. The van der Waals surface area contributed by atoms with Crippen LogP contribution in [0.1, 0.15) is 44.9 Å². The Hall–Kier alpha value is -0.570. The molecule has 0 radical (unpaired) electrons. The van der Waals surface area contributed by atoms with Crippen LogP contribution < -0.4 is 10.6 Å². The van der Waals surface area contributed by atoms with Crippen LogP contribution in [0.15, 0.2) is 4.99 Å². The summed E-state index contributed by atoms with van der Waals surface area (Å²) in [5.74, 6) is 0.806. The molecule has 23 heavy (non-hydrogen) atoms. The first kappa shape index (κ1) is 18.8. The van der Waals surface area contributed by atoms with E-state index in [0.29, 0.717) is 24.3 Å². The largest absolute Gasteiger partial charge is 0.373 e. The highest BCUT2D eigenvalue weighted by Crippen LogP contribution is 2.34. The third-order valence-electron chi connectivity index (χ3n) is 5.00. The second-order valence-electron chi connectivity index (χ2n) is 6.94. The molecule has 3 atom stereocenters. The van der Waals surface area contributed by atoms with E-state index < -0.39 is 0 Å². The summed E-state index contributed by atoms with van der Waals surface area (Å²) in [5, 5.41) is 7.02. The number of likely N-dealkylation sites (N-methyl/N-ethyl adjacent to an activating group) is 1. The molecule has 6 nitrogen and oxygen atoms in total. The highest BCUT2D eigenvalue weighted by atomic mass is 127. The van der Waals surface area contributed by atoms with Gasteiger partial charge >= 0.3 is 0 Å². The van der Waals surface area contributed by atoms with Gasteiger partial charge in [0.05, 0.1) is 18.2 Å². The number of halogens is 1. The third kappa shape index (κ3) is 4.95. The van der Waals surface area contributed by atoms with Gasteiger partial charge in [-0.05, 0) is 32.1 Å². The number of hydrogen-bond acceptors (Lipinski definition) is 3. The van der Waals surface area contributed by atoms with E-state index in [1.165, 1.54) is 32.1 Å². The van der Waals surface area contributed by atoms with E-state index in [1.54, 1.807) is 19.0 Å². The molecule has 0 spiro atoms. The third-order valence-corrected chi connectivity index (χ3v) is 5.00. The number of nitrogens with zero attached hydrogens (tertiary/aromatic N) is 2. The van der Waals surface area contributed by atoms with Crippen molar-refractivity contribution in [2.75, 3.05) is 20.6 Å². The molecule has 132 valence electrons. The minimum atomic E-state index is 0. The molecule has 3 unspecified atom stereocenters. The Kier molecular flexibility index (Phi) is 6.94. The average molecular weight is 436 g/mol. The maximum Gasteiger partial charge on any atom is 0.243 e. The number of nitrogens with one attached hydrogen (secondary N) is 2. The topological polar surface area (TPSA) is 66.0 Å². The van der Waals surface area contributed by atoms with Gasteiger partial charge in [-0.1, -0.05) is 12.8 Å². The summed E-state index contributed by atoms with van der Waals surface area (Å²) in [5.41, 5.74) is 0. The van der Waals surface area contributed by atoms with E-state index in [-0.39, 0.29) is 36.4 Å². The van der Waals surface area contributed by atoms with Gasteiger partial charge in [0, 0.05) is 20.1 Å². The zero-order valence-corrected chi connectivity index (χ0v) is 16.4. The predicted octanol–water partition coefficient (Wildman–Crippen LogP) is 1.49. The minimum absolute atomic E-state index is 0. The molecule has 2 saturated heterocycles. The summed E-state index contributed by atoms with van der Waals surface area (Å²) in [4.78, 5) is 17.9. The van der Waals surface area contributed by atoms with Gasteiger partial charge in [0.25, 0.3) is 0 Å². The van der Waals surface area contributed by atoms with E-state index >= 15 is 0 Å². The van der Waals surface area contributed by atoms with Crippen LogP contribution in [0.25, 0.3) is 0 Å². The standard InChI is InChI=1S/C16H28N4O2.HI/c1-20(2)15(21)10-17-16(18-11-5-3-4-6-11)19-13-9-12-7-8-14(13)22-12;/h11-14H,3-10H2,1-2H3,(H2,17,18,19);1H. The van der Waals surface area contributed by atoms with Crippen molar-refractivity contribution < 1.29 is 9.53 Å². The van der Waals surface area contributed by atoms with Gasteiger partial charge in [0.1, 0.15) is 6.54 Å². The molecule has 3 fully saturated rings. The number of aliphatic imine (C=N–C) groups is 1. The van der Waals surface area contributed by atoms with E-state index in [2.05, 4.69) is 15.6 Å². The van der Waals surface area contributed by atoms with Crippen molar-refractivity contribution in [3.05, 3.63) is 0 Å². The van der Waals surface area contributed by atoms with E-state index in [0.717, 1.165) is 18.8 Å². The van der Waals surface area contributed by atoms with Gasteiger partial charge in [-0.25, -0.2) is 4.99 Å². The molecule has 0 aromatic carbocycles. The molecule has 7 heteroatoms. The van der Waals surface area contributed by atoms with Crippen LogP contribution in [0.5, 0.6) is 0 Å². The Bertz CT molecular complexity index is 438. The molecule has 2 heterocycles. The zero-order valence-electron chi connectivity index (χ0n) is 14.1. The average Bonchev–Trinajstić information content (AvgIpc) is 3.21. The lowest BCUT2D eigenvalue weighted by Crippen LogP contribution is -2.50. The molecular weight excluding hydrogens is 407 g/mol. The van der Waals surface area contributed by atoms with E-state index in [9.17, 15) is 4.79 Å². The summed E-state index contributed by atoms with van der Waals surface area (Å²) in [6.07, 6.45) is 9.03. The molecule has 0 aromatic heterocycles. The fourth-order valence-electron chi connectivity index (χ4n) is 3.65. The van der Waals surface area contributed by atoms with Gasteiger partial charge in [-0.3, -0.25) is 4.79 Å². The smallest absolute Gasteiger partial charge is 0.243 e. The van der Waals surface area contributed by atoms with Gasteiger partial charge < -0.3 is 20.3 Å². The number of hydrogen-bond donors (Lipinski definition) is 2. The van der Waals surface area contributed by atoms with Crippen molar-refractivity contribution in [1.82, 2.24) is 15.5 Å². The van der Waals surface area contributed by atoms with Crippen LogP contribution in [-0.4, -0.2) is 61.7 Å². The number of ether oxygens (including phenoxy) is 1. The lowest BCUT2D eigenvalue weighted by atomic mass is 9.96. The molecule has 2 aliphatic heterocycles. The van der Waals surface area contributed by atoms with Crippen LogP contribution in [-0.2, 0) is 9.53 Å². The Labute approximate surface area is 155 Å². The molecule has 2 N–H and O–H groups in total. The molecule has 3 rings (SSSR count). The summed E-state index contributed by atoms with van der Waals surface area (Å²) in [6, 6.07) is 0.820. The maximum absolute atomic E-state index is 11.8. The Morgan fingerprint density at radius 1 is 1.17 bits per heavy atom. The first-order valence-corrected chi connectivity index (χ1v) is 8.55. The summed E-state index contributed by atoms with van der Waals surface area (Å²) in [7, 11) is 3.53. The molecule has 3 aliphatic rings. The molecule has 1 aliphatic carbocycles. The quantitative estimate of drug-likeness (QED) is 0.398. The first-order chi connectivity index (χ1) is 10.6. The van der Waals surface area contributed by atoms with Crippen LogP contribution in [0, 0.1) is 0 Å². The van der Waals surface area contributed by atoms with Crippen LogP contribution >= 0.6 is 24.0 Å². The number of fused-ring (bicyclic) bond motifs is 2. The Balaban J connectivity index is 0.00000192. The van der Waals surface area contributed by atoms with Crippen molar-refractivity contribution >= 4 is 35.8 Å². The zero-order chi connectivity index (χ0) is 15.5. The van der Waals surface area contributed by atoms with Crippen LogP contribution in [0.2, 0.25) is 0 Å². The first-order valence-electron chi connectivity index (χ1n) is 8.55. The molecular formula is C16H29IN4O2. The Morgan fingerprint density at radius 2 is 1.91 bits per heavy atom. The highest BCUT2D eigenvalue weighted by Gasteiger charge is 2.41. The Morgan fingerprint density at radius 3 is 2.48 bits per heavy atom. The van der Waals surface area contributed by atoms with Crippen molar-refractivity contribution in [3.8, 4) is 0 Å². The number of guanidine groups is 1. The van der Waals surface area contributed by atoms with Crippen molar-refractivity contribution in [2.24, 2.45) is 4.99 Å². The summed E-state index contributed by atoms with van der Waals surface area (Å²) >= 11 is 0. The van der Waals surface area contributed by atoms with Gasteiger partial charge in [0.15, 0.2) is 5.96 Å². The molecule has 1 amide bonds. The minimum Gasteiger partial charge on any atom is -0.373 e. The number of amides is 1. The van der Waals surface area contributed by atoms with Crippen molar-refractivity contribution in [1.29, 1.82) is 0 Å². The predicted molar refractivity (Wildman–Crippen MR) is 101 cm³/mol. The number of carbonyl (C=O) groups is 1. The normalized spacial score (nSPS) is 30.2. The van der Waals surface area contributed by atoms with Crippen LogP contribution in [0.4, 0.5) is 0 Å². The monoisotopic (exact) mass is 436 g/mol. The van der Waals surface area contributed by atoms with Crippen molar-refractivity contribution in [2.45, 2.75) is 69.2 Å². The molecule has 1 saturated carbocycles. The fourth-order valence-corrected chi connectivity index (χ4v) is 3.65. The van der Waals surface area contributed by atoms with Gasteiger partial charge in [-0.15, -0.1) is 24.0 Å². The second kappa shape index (κ2) is 8.50. The molecule has 0 aromatic rings. The molecule has 2 bridgehead atoms. The summed E-state index contributed by atoms with van der Waals surface area (Å²) in [6.45, 7) is 0.191. The van der Waals surface area contributed by atoms with E-state index in [1.807, 2.05) is 0 Å². The SMILES string of the molecule is CN(C)C(=O)CN=C(NC1CCCC1)NC1CC2CCC1O2.I. The van der Waals surface area contributed by atoms with Crippen LogP contribution in [0.3, 0.4) is 0 Å². The number of carbonyl (C=O) groups excluding carboxylic acids is 1. The van der Waals surface area contributed by atoms with Gasteiger partial charge in [-0.2, -0.15) is 0 Å². The lowest BCUT2D eigenvalue weighted by Gasteiger charge is -2.25. The summed E-state index contributed by atoms with van der Waals surface area (Å²) < 4.78 is 5.90. The van der Waals surface area contributed by atoms with E-state index in [4.69, 9.17) is 4.74 Å². The van der Waals surface area contributed by atoms with Crippen molar-refractivity contribution in [3.63, 3.8) is 0 Å². The number of rotatable bonds is 4. The van der Waals surface area contributed by atoms with Gasteiger partial charge in [0.2, 0.25) is 5.91 Å². The fraction of sp³-hybridized carbons (Fsp3) is 0.875. The second-order valence-corrected chi connectivity index (χ2v) is 6.94. The highest BCUT2D eigenvalue weighted by molar-refractivity contribution is 14.0.